The van der Waals surface area contributed by atoms with Crippen LogP contribution in [0.3, 0.4) is 0 Å². The fourth-order valence-corrected chi connectivity index (χ4v) is 3.44. The Hall–Kier alpha value is -2.44. The van der Waals surface area contributed by atoms with E-state index < -0.39 is 0 Å². The lowest BCUT2D eigenvalue weighted by atomic mass is 9.95. The Labute approximate surface area is 147 Å². The van der Waals surface area contributed by atoms with Crippen LogP contribution in [-0.4, -0.2) is 35.6 Å². The maximum Gasteiger partial charge on any atom is 0.270 e. The highest BCUT2D eigenvalue weighted by molar-refractivity contribution is 5.44. The summed E-state index contributed by atoms with van der Waals surface area (Å²) in [6.07, 6.45) is 0. The molecule has 0 aromatic heterocycles. The van der Waals surface area contributed by atoms with Gasteiger partial charge in [-0.2, -0.15) is 0 Å². The minimum absolute atomic E-state index is 0.0524. The van der Waals surface area contributed by atoms with Gasteiger partial charge in [-0.25, -0.2) is 0 Å². The zero-order chi connectivity index (χ0) is 17.8. The van der Waals surface area contributed by atoms with Crippen molar-refractivity contribution in [2.24, 2.45) is 5.73 Å². The third kappa shape index (κ3) is 3.97. The fraction of sp³-hybridized carbons (Fsp3) is 0.368. The van der Waals surface area contributed by atoms with E-state index in [9.17, 15) is 10.1 Å². The van der Waals surface area contributed by atoms with E-state index in [-0.39, 0.29) is 22.6 Å². The number of non-ortho nitro benzene ring substituents is 1. The number of ether oxygens (including phenoxy) is 1. The van der Waals surface area contributed by atoms with Crippen LogP contribution in [0.2, 0.25) is 0 Å². The smallest absolute Gasteiger partial charge is 0.270 e. The molecule has 0 radical (unpaired) electrons. The van der Waals surface area contributed by atoms with Crippen LogP contribution in [-0.2, 0) is 6.54 Å². The third-order valence-electron chi connectivity index (χ3n) is 4.62. The van der Waals surface area contributed by atoms with Gasteiger partial charge < -0.3 is 10.5 Å². The van der Waals surface area contributed by atoms with Gasteiger partial charge in [-0.05, 0) is 18.6 Å². The topological polar surface area (TPSA) is 81.6 Å². The molecule has 0 spiro atoms. The Bertz CT molecular complexity index is 736. The van der Waals surface area contributed by atoms with E-state index in [0.717, 1.165) is 18.7 Å². The van der Waals surface area contributed by atoms with Gasteiger partial charge in [-0.1, -0.05) is 30.3 Å². The number of nitro benzene ring substituents is 1. The van der Waals surface area contributed by atoms with Crippen LogP contribution in [0.25, 0.3) is 0 Å². The minimum Gasteiger partial charge on any atom is -0.494 e. The average Bonchev–Trinajstić information content (AvgIpc) is 2.97. The molecule has 2 aromatic carbocycles. The highest BCUT2D eigenvalue weighted by Crippen LogP contribution is 2.31. The van der Waals surface area contributed by atoms with Gasteiger partial charge in [0.05, 0.1) is 11.5 Å². The van der Waals surface area contributed by atoms with Crippen molar-refractivity contribution >= 4 is 5.69 Å². The maximum atomic E-state index is 11.1. The van der Waals surface area contributed by atoms with Gasteiger partial charge in [-0.15, -0.1) is 0 Å². The van der Waals surface area contributed by atoms with E-state index in [0.29, 0.717) is 18.9 Å². The van der Waals surface area contributed by atoms with Crippen LogP contribution in [0.5, 0.6) is 5.75 Å². The van der Waals surface area contributed by atoms with Crippen LogP contribution in [0.1, 0.15) is 24.0 Å². The molecular weight excluding hydrogens is 318 g/mol. The van der Waals surface area contributed by atoms with Crippen LogP contribution < -0.4 is 10.5 Å². The van der Waals surface area contributed by atoms with E-state index in [2.05, 4.69) is 17.0 Å². The molecule has 25 heavy (non-hydrogen) atoms. The summed E-state index contributed by atoms with van der Waals surface area (Å²) in [7, 11) is 0. The molecule has 1 aliphatic rings. The predicted molar refractivity (Wildman–Crippen MR) is 96.7 cm³/mol. The summed E-state index contributed by atoms with van der Waals surface area (Å²) in [5, 5.41) is 11.1. The molecule has 1 fully saturated rings. The lowest BCUT2D eigenvalue weighted by Gasteiger charge is -2.18. The van der Waals surface area contributed by atoms with Crippen molar-refractivity contribution in [3.05, 3.63) is 69.8 Å². The van der Waals surface area contributed by atoms with Gasteiger partial charge in [0.15, 0.2) is 0 Å². The third-order valence-corrected chi connectivity index (χ3v) is 4.62. The number of rotatable bonds is 6. The number of nitrogens with zero attached hydrogens (tertiary/aromatic N) is 2. The highest BCUT2D eigenvalue weighted by Gasteiger charge is 2.31. The van der Waals surface area contributed by atoms with Crippen molar-refractivity contribution in [2.45, 2.75) is 25.4 Å². The molecule has 2 N–H and O–H groups in total. The largest absolute Gasteiger partial charge is 0.494 e. The van der Waals surface area contributed by atoms with Gasteiger partial charge >= 0.3 is 0 Å². The van der Waals surface area contributed by atoms with Gasteiger partial charge in [0.2, 0.25) is 0 Å². The summed E-state index contributed by atoms with van der Waals surface area (Å²) in [5.74, 6) is 0.972. The summed E-state index contributed by atoms with van der Waals surface area (Å²) in [6.45, 7) is 4.61. The maximum absolute atomic E-state index is 11.1. The Balaban J connectivity index is 1.78. The number of nitrogens with two attached hydrogens (primary N) is 1. The van der Waals surface area contributed by atoms with Crippen molar-refractivity contribution in [1.29, 1.82) is 0 Å². The van der Waals surface area contributed by atoms with Gasteiger partial charge in [0.1, 0.15) is 5.75 Å². The monoisotopic (exact) mass is 341 g/mol. The van der Waals surface area contributed by atoms with Crippen molar-refractivity contribution in [2.75, 3.05) is 19.7 Å². The number of benzene rings is 2. The first-order chi connectivity index (χ1) is 12.1. The summed E-state index contributed by atoms with van der Waals surface area (Å²) >= 11 is 0. The van der Waals surface area contributed by atoms with E-state index >= 15 is 0 Å². The van der Waals surface area contributed by atoms with Crippen LogP contribution in [0, 0.1) is 10.1 Å². The van der Waals surface area contributed by atoms with Crippen molar-refractivity contribution < 1.29 is 9.66 Å². The number of hydrogen-bond donors (Lipinski definition) is 1. The lowest BCUT2D eigenvalue weighted by Crippen LogP contribution is -2.28. The van der Waals surface area contributed by atoms with E-state index in [1.54, 1.807) is 12.1 Å². The zero-order valence-corrected chi connectivity index (χ0v) is 14.3. The highest BCUT2D eigenvalue weighted by atomic mass is 16.6. The molecule has 0 aliphatic carbocycles. The molecule has 1 heterocycles. The average molecular weight is 341 g/mol. The van der Waals surface area contributed by atoms with Crippen molar-refractivity contribution in [3.8, 4) is 5.75 Å². The van der Waals surface area contributed by atoms with Crippen molar-refractivity contribution in [1.82, 2.24) is 4.90 Å². The molecular formula is C19H23N3O3. The first-order valence-corrected chi connectivity index (χ1v) is 8.51. The first kappa shape index (κ1) is 17.4. The molecule has 2 aromatic rings. The van der Waals surface area contributed by atoms with Crippen LogP contribution in [0.4, 0.5) is 5.69 Å². The van der Waals surface area contributed by atoms with E-state index in [1.807, 2.05) is 25.1 Å². The Morgan fingerprint density at radius 3 is 2.68 bits per heavy atom. The number of hydrogen-bond acceptors (Lipinski definition) is 5. The molecule has 3 rings (SSSR count). The second-order valence-corrected chi connectivity index (χ2v) is 6.36. The summed E-state index contributed by atoms with van der Waals surface area (Å²) in [6, 6.07) is 15.1. The SMILES string of the molecule is CCOc1ccc([N+](=O)[O-])cc1CN1C[C@@H](N)[C@H](c2ccccc2)C1. The molecule has 132 valence electrons. The molecule has 1 saturated heterocycles. The fourth-order valence-electron chi connectivity index (χ4n) is 3.44. The number of likely N-dealkylation sites (tertiary alicyclic amines) is 1. The molecule has 0 saturated carbocycles. The molecule has 0 unspecified atom stereocenters. The van der Waals surface area contributed by atoms with Gasteiger partial charge in [0.25, 0.3) is 5.69 Å². The standard InChI is InChI=1S/C19H23N3O3/c1-2-25-19-9-8-16(22(23)24)10-15(19)11-21-12-17(18(20)13-21)14-6-4-3-5-7-14/h3-10,17-18H,2,11-13,20H2,1H3/t17-,18+/m0/s1. The predicted octanol–water partition coefficient (Wildman–Crippen LogP) is 2.92. The molecule has 0 amide bonds. The van der Waals surface area contributed by atoms with Crippen molar-refractivity contribution in [3.63, 3.8) is 0 Å². The first-order valence-electron chi connectivity index (χ1n) is 8.51. The molecule has 2 atom stereocenters. The molecule has 0 bridgehead atoms. The second-order valence-electron chi connectivity index (χ2n) is 6.36. The number of nitro groups is 1. The van der Waals surface area contributed by atoms with E-state index in [1.165, 1.54) is 11.6 Å². The molecule has 1 aliphatic heterocycles. The summed E-state index contributed by atoms with van der Waals surface area (Å²) in [4.78, 5) is 12.9. The summed E-state index contributed by atoms with van der Waals surface area (Å²) in [5.41, 5.74) is 8.50. The Morgan fingerprint density at radius 1 is 1.24 bits per heavy atom. The van der Waals surface area contributed by atoms with Gasteiger partial charge in [-0.3, -0.25) is 15.0 Å². The van der Waals surface area contributed by atoms with Crippen LogP contribution >= 0.6 is 0 Å². The quantitative estimate of drug-likeness (QED) is 0.645. The van der Waals surface area contributed by atoms with Crippen LogP contribution in [0.15, 0.2) is 48.5 Å². The summed E-state index contributed by atoms with van der Waals surface area (Å²) < 4.78 is 5.64. The van der Waals surface area contributed by atoms with E-state index in [4.69, 9.17) is 10.5 Å². The zero-order valence-electron chi connectivity index (χ0n) is 14.3. The Morgan fingerprint density at radius 2 is 2.00 bits per heavy atom. The molecule has 6 nitrogen and oxygen atoms in total. The lowest BCUT2D eigenvalue weighted by molar-refractivity contribution is -0.385. The Kier molecular flexibility index (Phi) is 5.31. The normalized spacial score (nSPS) is 20.6. The second kappa shape index (κ2) is 7.63. The molecule has 6 heteroatoms. The van der Waals surface area contributed by atoms with Gasteiger partial charge in [0, 0.05) is 49.3 Å². The minimum atomic E-state index is -0.373.